The number of nitro groups is 1. The molecular formula is C28H26N2O8S3. The second-order valence-electron chi connectivity index (χ2n) is 8.49. The fourth-order valence-electron chi connectivity index (χ4n) is 3.81. The second kappa shape index (κ2) is 13.0. The van der Waals surface area contributed by atoms with Gasteiger partial charge in [-0.1, -0.05) is 49.6 Å². The molecule has 3 aromatic carbocycles. The zero-order chi connectivity index (χ0) is 30.3. The maximum Gasteiger partial charge on any atom is 0.269 e. The zero-order valence-electron chi connectivity index (χ0n) is 21.7. The van der Waals surface area contributed by atoms with E-state index in [0.29, 0.717) is 0 Å². The Labute approximate surface area is 239 Å². The van der Waals surface area contributed by atoms with Crippen LogP contribution in [-0.2, 0) is 29.7 Å². The molecule has 0 aliphatic rings. The molecule has 13 heteroatoms. The van der Waals surface area contributed by atoms with E-state index in [1.165, 1.54) is 48.5 Å². The van der Waals surface area contributed by atoms with E-state index in [0.717, 1.165) is 28.6 Å². The van der Waals surface area contributed by atoms with Gasteiger partial charge in [-0.3, -0.25) is 10.1 Å². The Kier molecular flexibility index (Phi) is 10.0. The summed E-state index contributed by atoms with van der Waals surface area (Å²) in [5.41, 5.74) is 4.45. The van der Waals surface area contributed by atoms with Crippen molar-refractivity contribution in [2.45, 2.75) is 27.5 Å². The smallest absolute Gasteiger partial charge is 0.258 e. The van der Waals surface area contributed by atoms with E-state index >= 15 is 0 Å². The van der Waals surface area contributed by atoms with Crippen molar-refractivity contribution in [3.8, 4) is 0 Å². The summed E-state index contributed by atoms with van der Waals surface area (Å²) in [4.78, 5) is 9.49. The first-order valence-electron chi connectivity index (χ1n) is 12.0. The third kappa shape index (κ3) is 7.17. The molecule has 0 bridgehead atoms. The van der Waals surface area contributed by atoms with Crippen molar-refractivity contribution in [3.05, 3.63) is 129 Å². The number of sulfone groups is 2. The SMILES string of the molecule is C=C=C(CCN(CCC(=C=C)S(=O)(=O)c1ccccc1)S(=O)(=O)c1ccc([N+](=O)[O-])cc1)S(=O)(=O)c1ccccc1. The van der Waals surface area contributed by atoms with Crippen molar-refractivity contribution in [1.82, 2.24) is 4.31 Å². The van der Waals surface area contributed by atoms with E-state index in [2.05, 4.69) is 24.6 Å². The number of nitrogens with zero attached hydrogens (tertiary/aromatic N) is 2. The van der Waals surface area contributed by atoms with Crippen LogP contribution in [0, 0.1) is 10.1 Å². The fraction of sp³-hybridized carbons (Fsp3) is 0.143. The largest absolute Gasteiger partial charge is 0.269 e. The van der Waals surface area contributed by atoms with Gasteiger partial charge in [0.05, 0.1) is 29.4 Å². The van der Waals surface area contributed by atoms with E-state index in [1.807, 2.05) is 0 Å². The standard InChI is InChI=1S/C28H26N2O8S3/c1-3-24(39(33,34)26-11-7-5-8-12-26)19-21-29(41(37,38)28-17-15-23(16-18-28)30(31)32)22-20-25(4-2)40(35,36)27-13-9-6-10-14-27/h5-18H,1-2,19-22H2. The van der Waals surface area contributed by atoms with Gasteiger partial charge in [-0.15, -0.1) is 11.5 Å². The molecule has 3 rings (SSSR count). The molecule has 0 spiro atoms. The third-order valence-electron chi connectivity index (χ3n) is 6.01. The zero-order valence-corrected chi connectivity index (χ0v) is 24.2. The predicted octanol–water partition coefficient (Wildman–Crippen LogP) is 4.65. The number of sulfonamides is 1. The summed E-state index contributed by atoms with van der Waals surface area (Å²) in [5.74, 6) is 0. The summed E-state index contributed by atoms with van der Waals surface area (Å²) < 4.78 is 80.6. The molecule has 0 fully saturated rings. The number of benzene rings is 3. The van der Waals surface area contributed by atoms with Gasteiger partial charge in [0.25, 0.3) is 5.69 Å². The van der Waals surface area contributed by atoms with Crippen molar-refractivity contribution in [2.24, 2.45) is 0 Å². The van der Waals surface area contributed by atoms with E-state index in [1.54, 1.807) is 12.1 Å². The van der Waals surface area contributed by atoms with Gasteiger partial charge in [-0.05, 0) is 36.4 Å². The lowest BCUT2D eigenvalue weighted by Crippen LogP contribution is -2.34. The molecule has 0 atom stereocenters. The van der Waals surface area contributed by atoms with E-state index in [-0.39, 0.29) is 56.1 Å². The Hall–Kier alpha value is -4.09. The molecule has 0 saturated heterocycles. The number of hydrogen-bond donors (Lipinski definition) is 0. The normalized spacial score (nSPS) is 11.8. The van der Waals surface area contributed by atoms with Gasteiger partial charge >= 0.3 is 0 Å². The third-order valence-corrected chi connectivity index (χ3v) is 11.7. The molecule has 0 heterocycles. The molecule has 0 radical (unpaired) electrons. The van der Waals surface area contributed by atoms with Crippen LogP contribution in [0.3, 0.4) is 0 Å². The molecule has 3 aromatic rings. The summed E-state index contributed by atoms with van der Waals surface area (Å²) in [6, 6.07) is 19.1. The first-order chi connectivity index (χ1) is 19.3. The molecule has 0 aliphatic carbocycles. The van der Waals surface area contributed by atoms with Gasteiger partial charge in [0, 0.05) is 38.1 Å². The first kappa shape index (κ1) is 31.4. The predicted molar refractivity (Wildman–Crippen MR) is 154 cm³/mol. The fourth-order valence-corrected chi connectivity index (χ4v) is 7.95. The lowest BCUT2D eigenvalue weighted by atomic mass is 10.3. The molecule has 0 amide bonds. The maximum absolute atomic E-state index is 13.6. The Morgan fingerprint density at radius 2 is 1.05 bits per heavy atom. The Balaban J connectivity index is 1.96. The maximum atomic E-state index is 13.6. The number of non-ortho nitro benzene ring substituents is 1. The van der Waals surface area contributed by atoms with Gasteiger partial charge in [0.15, 0.2) is 0 Å². The van der Waals surface area contributed by atoms with Gasteiger partial charge in [-0.2, -0.15) is 4.31 Å². The van der Waals surface area contributed by atoms with E-state index in [4.69, 9.17) is 0 Å². The minimum absolute atomic E-state index is 0.0262. The number of rotatable bonds is 13. The van der Waals surface area contributed by atoms with Crippen molar-refractivity contribution < 1.29 is 30.2 Å². The van der Waals surface area contributed by atoms with Crippen molar-refractivity contribution in [3.63, 3.8) is 0 Å². The molecule has 41 heavy (non-hydrogen) atoms. The van der Waals surface area contributed by atoms with Crippen molar-refractivity contribution in [2.75, 3.05) is 13.1 Å². The molecule has 0 unspecified atom stereocenters. The van der Waals surface area contributed by atoms with Crippen LogP contribution in [0.1, 0.15) is 12.8 Å². The number of hydrogen-bond acceptors (Lipinski definition) is 8. The highest BCUT2D eigenvalue weighted by Gasteiger charge is 2.29. The van der Waals surface area contributed by atoms with E-state index < -0.39 is 34.6 Å². The van der Waals surface area contributed by atoms with Crippen LogP contribution in [0.2, 0.25) is 0 Å². The lowest BCUT2D eigenvalue weighted by molar-refractivity contribution is -0.384. The van der Waals surface area contributed by atoms with Crippen LogP contribution in [0.4, 0.5) is 5.69 Å². The lowest BCUT2D eigenvalue weighted by Gasteiger charge is -2.23. The number of nitro benzene ring substituents is 1. The van der Waals surface area contributed by atoms with Crippen molar-refractivity contribution >= 4 is 35.4 Å². The van der Waals surface area contributed by atoms with Gasteiger partial charge < -0.3 is 0 Å². The summed E-state index contributed by atoms with van der Waals surface area (Å²) in [6.45, 7) is 6.13. The first-order valence-corrected chi connectivity index (χ1v) is 16.4. The van der Waals surface area contributed by atoms with Gasteiger partial charge in [0.2, 0.25) is 29.7 Å². The highest BCUT2D eigenvalue weighted by molar-refractivity contribution is 7.95. The Morgan fingerprint density at radius 1 is 0.659 bits per heavy atom. The monoisotopic (exact) mass is 614 g/mol. The minimum atomic E-state index is -4.37. The quantitative estimate of drug-likeness (QED) is 0.153. The van der Waals surface area contributed by atoms with Crippen LogP contribution >= 0.6 is 0 Å². The molecule has 0 aliphatic heterocycles. The average molecular weight is 615 g/mol. The Morgan fingerprint density at radius 3 is 1.39 bits per heavy atom. The van der Waals surface area contributed by atoms with Crippen LogP contribution in [0.5, 0.6) is 0 Å². The summed E-state index contributed by atoms with van der Waals surface area (Å²) in [6.07, 6.45) is -0.656. The van der Waals surface area contributed by atoms with Crippen LogP contribution < -0.4 is 0 Å². The summed E-state index contributed by atoms with van der Waals surface area (Å²) >= 11 is 0. The molecule has 214 valence electrons. The molecular weight excluding hydrogens is 589 g/mol. The summed E-state index contributed by atoms with van der Waals surface area (Å²) in [5, 5.41) is 11.0. The van der Waals surface area contributed by atoms with Crippen LogP contribution in [0.25, 0.3) is 0 Å². The second-order valence-corrected chi connectivity index (χ2v) is 14.4. The van der Waals surface area contributed by atoms with Crippen LogP contribution in [-0.4, -0.2) is 47.6 Å². The van der Waals surface area contributed by atoms with Crippen molar-refractivity contribution in [1.29, 1.82) is 0 Å². The van der Waals surface area contributed by atoms with E-state index in [9.17, 15) is 35.4 Å². The molecule has 0 N–H and O–H groups in total. The Bertz CT molecular complexity index is 1750. The average Bonchev–Trinajstić information content (AvgIpc) is 2.97. The van der Waals surface area contributed by atoms with Crippen LogP contribution in [0.15, 0.2) is 134 Å². The minimum Gasteiger partial charge on any atom is -0.258 e. The topological polar surface area (TPSA) is 149 Å². The highest BCUT2D eigenvalue weighted by atomic mass is 32.2. The molecule has 0 aromatic heterocycles. The summed E-state index contributed by atoms with van der Waals surface area (Å²) in [7, 11) is -12.5. The molecule has 0 saturated carbocycles. The van der Waals surface area contributed by atoms with Gasteiger partial charge in [-0.25, -0.2) is 25.3 Å². The van der Waals surface area contributed by atoms with Gasteiger partial charge in [0.1, 0.15) is 0 Å². The highest BCUT2D eigenvalue weighted by Crippen LogP contribution is 2.26. The molecule has 10 nitrogen and oxygen atoms in total.